The van der Waals surface area contributed by atoms with E-state index in [1.807, 2.05) is 12.1 Å². The number of rotatable bonds is 4. The van der Waals surface area contributed by atoms with Gasteiger partial charge in [0.2, 0.25) is 0 Å². The number of aromatic nitrogens is 3. The van der Waals surface area contributed by atoms with Crippen LogP contribution in [0.5, 0.6) is 0 Å². The van der Waals surface area contributed by atoms with Crippen LogP contribution in [0.1, 0.15) is 43.0 Å². The molecule has 5 nitrogen and oxygen atoms in total. The van der Waals surface area contributed by atoms with Crippen molar-refractivity contribution in [3.63, 3.8) is 0 Å². The van der Waals surface area contributed by atoms with Crippen LogP contribution in [-0.4, -0.2) is 44.4 Å². The first-order valence-electron chi connectivity index (χ1n) is 7.24. The molecule has 1 aliphatic heterocycles. The van der Waals surface area contributed by atoms with E-state index in [1.165, 1.54) is 12.8 Å². The Morgan fingerprint density at radius 1 is 1.45 bits per heavy atom. The van der Waals surface area contributed by atoms with E-state index in [-0.39, 0.29) is 0 Å². The molecule has 0 bridgehead atoms. The molecule has 0 N–H and O–H groups in total. The molecule has 3 rings (SSSR count). The normalized spacial score (nSPS) is 20.1. The smallest absolute Gasteiger partial charge is 0.168 e. The van der Waals surface area contributed by atoms with Crippen LogP contribution in [0.2, 0.25) is 0 Å². The summed E-state index contributed by atoms with van der Waals surface area (Å²) in [7, 11) is 0. The van der Waals surface area contributed by atoms with Crippen molar-refractivity contribution in [1.82, 2.24) is 19.5 Å². The fourth-order valence-corrected chi connectivity index (χ4v) is 3.11. The number of fused-ring (bicyclic) bond motifs is 1. The van der Waals surface area contributed by atoms with Gasteiger partial charge in [0.15, 0.2) is 17.8 Å². The molecule has 0 amide bonds. The first-order chi connectivity index (χ1) is 9.69. The topological polar surface area (TPSA) is 50.5 Å². The van der Waals surface area contributed by atoms with Gasteiger partial charge in [0.05, 0.1) is 0 Å². The summed E-state index contributed by atoms with van der Waals surface area (Å²) >= 11 is 0. The highest BCUT2D eigenvalue weighted by atomic mass is 16.1. The zero-order valence-corrected chi connectivity index (χ0v) is 12.0. The molecule has 0 saturated carbocycles. The Morgan fingerprint density at radius 3 is 3.05 bits per heavy atom. The summed E-state index contributed by atoms with van der Waals surface area (Å²) in [6.45, 7) is 5.63. The molecule has 0 spiro atoms. The van der Waals surface area contributed by atoms with Gasteiger partial charge in [-0.05, 0) is 45.4 Å². The lowest BCUT2D eigenvalue weighted by Crippen LogP contribution is -2.36. The standard InChI is InChI=1S/C15H20N4O/c1-11(2)18-8-4-6-12(18)9-14-16-15-7-3-5-13(10-20)19(15)17-14/h3,5,7,10-12H,4,6,8-9H2,1-2H3. The van der Waals surface area contributed by atoms with Crippen LogP contribution < -0.4 is 0 Å². The molecule has 2 aromatic rings. The minimum Gasteiger partial charge on any atom is -0.298 e. The Kier molecular flexibility index (Phi) is 3.53. The van der Waals surface area contributed by atoms with Crippen molar-refractivity contribution in [2.75, 3.05) is 6.54 Å². The molecular weight excluding hydrogens is 252 g/mol. The van der Waals surface area contributed by atoms with Crippen molar-refractivity contribution >= 4 is 11.9 Å². The molecule has 1 saturated heterocycles. The second kappa shape index (κ2) is 5.32. The zero-order valence-electron chi connectivity index (χ0n) is 12.0. The lowest BCUT2D eigenvalue weighted by atomic mass is 10.1. The minimum absolute atomic E-state index is 0.520. The van der Waals surface area contributed by atoms with Crippen LogP contribution in [0.15, 0.2) is 18.2 Å². The van der Waals surface area contributed by atoms with E-state index in [9.17, 15) is 4.79 Å². The fourth-order valence-electron chi connectivity index (χ4n) is 3.11. The van der Waals surface area contributed by atoms with Crippen LogP contribution in [0.25, 0.3) is 5.65 Å². The highest BCUT2D eigenvalue weighted by Crippen LogP contribution is 2.22. The van der Waals surface area contributed by atoms with Crippen LogP contribution in [0, 0.1) is 0 Å². The van der Waals surface area contributed by atoms with E-state index in [2.05, 4.69) is 28.8 Å². The Hall–Kier alpha value is -1.75. The van der Waals surface area contributed by atoms with Crippen LogP contribution >= 0.6 is 0 Å². The minimum atomic E-state index is 0.520. The third-order valence-electron chi connectivity index (χ3n) is 4.06. The Labute approximate surface area is 118 Å². The quantitative estimate of drug-likeness (QED) is 0.798. The monoisotopic (exact) mass is 272 g/mol. The van der Waals surface area contributed by atoms with Gasteiger partial charge >= 0.3 is 0 Å². The van der Waals surface area contributed by atoms with Crippen molar-refractivity contribution in [2.45, 2.75) is 45.2 Å². The van der Waals surface area contributed by atoms with Crippen molar-refractivity contribution in [3.05, 3.63) is 29.7 Å². The molecule has 2 aromatic heterocycles. The molecule has 0 aliphatic carbocycles. The van der Waals surface area contributed by atoms with E-state index < -0.39 is 0 Å². The van der Waals surface area contributed by atoms with E-state index in [4.69, 9.17) is 0 Å². The Bertz CT molecular complexity index is 619. The number of hydrogen-bond acceptors (Lipinski definition) is 4. The third kappa shape index (κ3) is 2.33. The lowest BCUT2D eigenvalue weighted by molar-refractivity contribution is 0.111. The zero-order chi connectivity index (χ0) is 14.1. The maximum atomic E-state index is 11.0. The summed E-state index contributed by atoms with van der Waals surface area (Å²) in [5.41, 5.74) is 1.30. The van der Waals surface area contributed by atoms with Gasteiger partial charge in [-0.3, -0.25) is 9.69 Å². The molecule has 1 aliphatic rings. The van der Waals surface area contributed by atoms with Crippen LogP contribution in [-0.2, 0) is 6.42 Å². The van der Waals surface area contributed by atoms with Gasteiger partial charge in [0, 0.05) is 18.5 Å². The maximum Gasteiger partial charge on any atom is 0.168 e. The number of hydrogen-bond donors (Lipinski definition) is 0. The second-order valence-corrected chi connectivity index (χ2v) is 5.70. The van der Waals surface area contributed by atoms with Crippen LogP contribution in [0.3, 0.4) is 0 Å². The van der Waals surface area contributed by atoms with Gasteiger partial charge in [0.25, 0.3) is 0 Å². The number of pyridine rings is 1. The number of carbonyl (C=O) groups excluding carboxylic acids is 1. The molecule has 20 heavy (non-hydrogen) atoms. The molecule has 1 fully saturated rings. The fraction of sp³-hybridized carbons (Fsp3) is 0.533. The summed E-state index contributed by atoms with van der Waals surface area (Å²) in [4.78, 5) is 18.1. The maximum absolute atomic E-state index is 11.0. The number of aldehydes is 1. The largest absolute Gasteiger partial charge is 0.298 e. The number of likely N-dealkylation sites (tertiary alicyclic amines) is 1. The SMILES string of the molecule is CC(C)N1CCCC1Cc1nc2cccc(C=O)n2n1. The van der Waals surface area contributed by atoms with Crippen molar-refractivity contribution in [1.29, 1.82) is 0 Å². The van der Waals surface area contributed by atoms with E-state index in [0.29, 0.717) is 17.8 Å². The Balaban J connectivity index is 1.86. The lowest BCUT2D eigenvalue weighted by Gasteiger charge is -2.27. The van der Waals surface area contributed by atoms with E-state index in [1.54, 1.807) is 10.6 Å². The predicted octanol–water partition coefficient (Wildman–Crippen LogP) is 1.96. The van der Waals surface area contributed by atoms with Crippen molar-refractivity contribution in [2.24, 2.45) is 0 Å². The first-order valence-corrected chi connectivity index (χ1v) is 7.24. The number of carbonyl (C=O) groups is 1. The molecule has 0 radical (unpaired) electrons. The van der Waals surface area contributed by atoms with Crippen LogP contribution in [0.4, 0.5) is 0 Å². The second-order valence-electron chi connectivity index (χ2n) is 5.70. The summed E-state index contributed by atoms with van der Waals surface area (Å²) in [5.74, 6) is 0.830. The molecule has 3 heterocycles. The van der Waals surface area contributed by atoms with E-state index in [0.717, 1.165) is 30.7 Å². The molecule has 1 atom stereocenters. The third-order valence-corrected chi connectivity index (χ3v) is 4.06. The predicted molar refractivity (Wildman–Crippen MR) is 76.9 cm³/mol. The average molecular weight is 272 g/mol. The molecule has 106 valence electrons. The summed E-state index contributed by atoms with van der Waals surface area (Å²) in [6.07, 6.45) is 4.13. The Morgan fingerprint density at radius 2 is 2.30 bits per heavy atom. The van der Waals surface area contributed by atoms with Gasteiger partial charge in [0.1, 0.15) is 5.69 Å². The van der Waals surface area contributed by atoms with E-state index >= 15 is 0 Å². The van der Waals surface area contributed by atoms with Gasteiger partial charge < -0.3 is 0 Å². The summed E-state index contributed by atoms with van der Waals surface area (Å²) < 4.78 is 1.64. The van der Waals surface area contributed by atoms with Crippen molar-refractivity contribution in [3.8, 4) is 0 Å². The summed E-state index contributed by atoms with van der Waals surface area (Å²) in [5, 5.41) is 4.49. The molecule has 5 heteroatoms. The summed E-state index contributed by atoms with van der Waals surface area (Å²) in [6, 6.07) is 6.57. The number of nitrogens with zero attached hydrogens (tertiary/aromatic N) is 4. The van der Waals surface area contributed by atoms with Crippen molar-refractivity contribution < 1.29 is 4.79 Å². The highest BCUT2D eigenvalue weighted by Gasteiger charge is 2.27. The van der Waals surface area contributed by atoms with Gasteiger partial charge in [-0.25, -0.2) is 9.50 Å². The first kappa shape index (κ1) is 13.2. The highest BCUT2D eigenvalue weighted by molar-refractivity contribution is 5.73. The van der Waals surface area contributed by atoms with Gasteiger partial charge in [-0.1, -0.05) is 6.07 Å². The van der Waals surface area contributed by atoms with Gasteiger partial charge in [-0.15, -0.1) is 0 Å². The van der Waals surface area contributed by atoms with Gasteiger partial charge in [-0.2, -0.15) is 5.10 Å². The molecular formula is C15H20N4O. The molecule has 1 unspecified atom stereocenters. The average Bonchev–Trinajstić information content (AvgIpc) is 3.04. The molecule has 0 aromatic carbocycles.